The number of benzene rings is 1. The van der Waals surface area contributed by atoms with Gasteiger partial charge in [0.1, 0.15) is 12.1 Å². The summed E-state index contributed by atoms with van der Waals surface area (Å²) in [5, 5.41) is 38.2. The lowest BCUT2D eigenvalue weighted by molar-refractivity contribution is -0.145. The zero-order valence-electron chi connectivity index (χ0n) is 10.6. The Morgan fingerprint density at radius 1 is 1.19 bits per heavy atom. The molecule has 0 amide bonds. The quantitative estimate of drug-likeness (QED) is 0.524. The molecule has 3 N–H and O–H groups in total. The van der Waals surface area contributed by atoms with Crippen LogP contribution < -0.4 is 5.43 Å². The van der Waals surface area contributed by atoms with Crippen LogP contribution in [0.25, 0.3) is 0 Å². The van der Waals surface area contributed by atoms with Crippen molar-refractivity contribution in [2.45, 2.75) is 12.3 Å². The molecule has 0 aliphatic rings. The van der Waals surface area contributed by atoms with Crippen LogP contribution >= 0.6 is 0 Å². The molecule has 106 valence electrons. The highest BCUT2D eigenvalue weighted by atomic mass is 16.4. The van der Waals surface area contributed by atoms with Crippen LogP contribution in [0.1, 0.15) is 17.9 Å². The van der Waals surface area contributed by atoms with E-state index in [0.29, 0.717) is 11.3 Å². The van der Waals surface area contributed by atoms with E-state index in [2.05, 4.69) is 10.5 Å². The number of nitriles is 2. The molecular weight excluding hydrogens is 276 g/mol. The Kier molecular flexibility index (Phi) is 5.42. The maximum absolute atomic E-state index is 11.0. The van der Waals surface area contributed by atoms with Gasteiger partial charge in [-0.25, -0.2) is 0 Å². The van der Waals surface area contributed by atoms with E-state index >= 15 is 0 Å². The molecule has 1 aromatic rings. The van der Waals surface area contributed by atoms with E-state index in [4.69, 9.17) is 20.7 Å². The number of rotatable bonds is 6. The summed E-state index contributed by atoms with van der Waals surface area (Å²) in [6, 6.07) is 8.98. The van der Waals surface area contributed by atoms with Crippen LogP contribution in [-0.4, -0.2) is 27.9 Å². The fraction of sp³-hybridized carbons (Fsp3) is 0.154. The van der Waals surface area contributed by atoms with Gasteiger partial charge in [0.25, 0.3) is 0 Å². The molecule has 0 saturated carbocycles. The molecule has 0 heterocycles. The number of hydrogen-bond donors (Lipinski definition) is 3. The van der Waals surface area contributed by atoms with E-state index in [9.17, 15) is 9.59 Å². The molecule has 0 aromatic heterocycles. The topological polar surface area (TPSA) is 147 Å². The lowest BCUT2D eigenvalue weighted by atomic mass is 9.96. The van der Waals surface area contributed by atoms with Gasteiger partial charge in [0.15, 0.2) is 0 Å². The van der Waals surface area contributed by atoms with Crippen molar-refractivity contribution in [3.05, 3.63) is 29.8 Å². The van der Waals surface area contributed by atoms with Crippen LogP contribution in [0.4, 0.5) is 5.69 Å². The molecule has 1 unspecified atom stereocenters. The first-order chi connectivity index (χ1) is 9.97. The normalized spacial score (nSPS) is 10.6. The van der Waals surface area contributed by atoms with Crippen molar-refractivity contribution in [1.29, 1.82) is 10.5 Å². The van der Waals surface area contributed by atoms with Gasteiger partial charge in [-0.2, -0.15) is 15.6 Å². The maximum Gasteiger partial charge on any atom is 0.311 e. The average Bonchev–Trinajstić information content (AvgIpc) is 2.46. The Bertz CT molecular complexity index is 636. The summed E-state index contributed by atoms with van der Waals surface area (Å²) in [5.74, 6) is -3.58. The van der Waals surface area contributed by atoms with Gasteiger partial charge in [-0.05, 0) is 17.7 Å². The zero-order chi connectivity index (χ0) is 15.8. The van der Waals surface area contributed by atoms with E-state index in [1.54, 1.807) is 12.1 Å². The number of aliphatic carboxylic acids is 2. The first-order valence-corrected chi connectivity index (χ1v) is 5.66. The van der Waals surface area contributed by atoms with E-state index < -0.39 is 24.3 Å². The molecule has 0 fully saturated rings. The molecule has 21 heavy (non-hydrogen) atoms. The minimum atomic E-state index is -1.23. The number of carbonyl (C=O) groups is 2. The van der Waals surface area contributed by atoms with Crippen molar-refractivity contribution in [1.82, 2.24) is 0 Å². The molecule has 0 radical (unpaired) electrons. The minimum absolute atomic E-state index is 0.334. The highest BCUT2D eigenvalue weighted by molar-refractivity contribution is 6.10. The van der Waals surface area contributed by atoms with Crippen LogP contribution in [0.3, 0.4) is 0 Å². The molecule has 0 aliphatic heterocycles. The SMILES string of the molecule is N#CC(C#N)=NNc1ccc(C(CC(=O)O)C(=O)O)cc1. The van der Waals surface area contributed by atoms with Crippen LogP contribution in [0.2, 0.25) is 0 Å². The smallest absolute Gasteiger partial charge is 0.311 e. The Hall–Kier alpha value is -3.39. The van der Waals surface area contributed by atoms with Crippen molar-refractivity contribution >= 4 is 23.3 Å². The molecule has 0 spiro atoms. The second kappa shape index (κ2) is 7.26. The molecule has 1 rings (SSSR count). The van der Waals surface area contributed by atoms with Crippen molar-refractivity contribution in [3.8, 4) is 12.1 Å². The number of anilines is 1. The van der Waals surface area contributed by atoms with E-state index in [1.807, 2.05) is 0 Å². The van der Waals surface area contributed by atoms with Gasteiger partial charge in [0.2, 0.25) is 5.71 Å². The largest absolute Gasteiger partial charge is 0.481 e. The van der Waals surface area contributed by atoms with Crippen LogP contribution in [0.5, 0.6) is 0 Å². The number of nitrogens with one attached hydrogen (secondary N) is 1. The van der Waals surface area contributed by atoms with E-state index in [0.717, 1.165) is 0 Å². The van der Waals surface area contributed by atoms with Crippen LogP contribution in [0, 0.1) is 22.7 Å². The third kappa shape index (κ3) is 4.65. The summed E-state index contributed by atoms with van der Waals surface area (Å²) in [6.07, 6.45) is -0.521. The Balaban J connectivity index is 2.89. The zero-order valence-corrected chi connectivity index (χ0v) is 10.6. The third-order valence-corrected chi connectivity index (χ3v) is 2.50. The highest BCUT2D eigenvalue weighted by Crippen LogP contribution is 2.22. The lowest BCUT2D eigenvalue weighted by Gasteiger charge is -2.10. The number of nitrogens with zero attached hydrogens (tertiary/aromatic N) is 3. The van der Waals surface area contributed by atoms with Crippen molar-refractivity contribution in [2.75, 3.05) is 5.43 Å². The first kappa shape index (κ1) is 15.7. The fourth-order valence-electron chi connectivity index (χ4n) is 1.51. The molecule has 8 heteroatoms. The summed E-state index contributed by atoms with van der Waals surface area (Å²) in [7, 11) is 0. The molecule has 8 nitrogen and oxygen atoms in total. The lowest BCUT2D eigenvalue weighted by Crippen LogP contribution is -2.15. The van der Waals surface area contributed by atoms with Gasteiger partial charge < -0.3 is 10.2 Å². The molecule has 0 aliphatic carbocycles. The first-order valence-electron chi connectivity index (χ1n) is 5.66. The highest BCUT2D eigenvalue weighted by Gasteiger charge is 2.22. The van der Waals surface area contributed by atoms with Gasteiger partial charge >= 0.3 is 11.9 Å². The van der Waals surface area contributed by atoms with Gasteiger partial charge in [0, 0.05) is 0 Å². The van der Waals surface area contributed by atoms with Gasteiger partial charge in [0.05, 0.1) is 18.0 Å². The average molecular weight is 286 g/mol. The van der Waals surface area contributed by atoms with E-state index in [1.165, 1.54) is 24.3 Å². The van der Waals surface area contributed by atoms with Crippen molar-refractivity contribution < 1.29 is 19.8 Å². The van der Waals surface area contributed by atoms with Crippen molar-refractivity contribution in [2.24, 2.45) is 5.10 Å². The summed E-state index contributed by atoms with van der Waals surface area (Å²) >= 11 is 0. The van der Waals surface area contributed by atoms with Gasteiger partial charge in [-0.1, -0.05) is 12.1 Å². The molecule has 1 aromatic carbocycles. The molecule has 1 atom stereocenters. The van der Waals surface area contributed by atoms with Gasteiger partial charge in [-0.15, -0.1) is 0 Å². The predicted molar refractivity (Wildman–Crippen MR) is 71.4 cm³/mol. The summed E-state index contributed by atoms with van der Waals surface area (Å²) in [5.41, 5.74) is 2.87. The number of hydrogen-bond acceptors (Lipinski definition) is 6. The van der Waals surface area contributed by atoms with Crippen LogP contribution in [0.15, 0.2) is 29.4 Å². The predicted octanol–water partition coefficient (Wildman–Crippen LogP) is 1.14. The van der Waals surface area contributed by atoms with Gasteiger partial charge in [-0.3, -0.25) is 15.0 Å². The second-order valence-corrected chi connectivity index (χ2v) is 3.91. The molecular formula is C13H10N4O4. The number of hydrazone groups is 1. The standard InChI is InChI=1S/C13H10N4O4/c14-6-10(7-15)17-16-9-3-1-8(2-4-9)11(13(20)21)5-12(18)19/h1-4,11,16H,5H2,(H,18,19)(H,20,21). The van der Waals surface area contributed by atoms with E-state index in [-0.39, 0.29) is 5.71 Å². The maximum atomic E-state index is 11.0. The third-order valence-electron chi connectivity index (χ3n) is 2.50. The summed E-state index contributed by atoms with van der Waals surface area (Å²) in [6.45, 7) is 0. The Morgan fingerprint density at radius 3 is 2.19 bits per heavy atom. The minimum Gasteiger partial charge on any atom is -0.481 e. The monoisotopic (exact) mass is 286 g/mol. The molecule has 0 saturated heterocycles. The second-order valence-electron chi connectivity index (χ2n) is 3.91. The number of carboxylic acids is 2. The fourth-order valence-corrected chi connectivity index (χ4v) is 1.51. The van der Waals surface area contributed by atoms with Crippen molar-refractivity contribution in [3.63, 3.8) is 0 Å². The number of carboxylic acid groups (broad SMARTS) is 2. The molecule has 0 bridgehead atoms. The Labute approximate surface area is 119 Å². The Morgan fingerprint density at radius 2 is 1.76 bits per heavy atom. The summed E-state index contributed by atoms with van der Waals surface area (Å²) < 4.78 is 0. The summed E-state index contributed by atoms with van der Waals surface area (Å²) in [4.78, 5) is 21.7. The van der Waals surface area contributed by atoms with Crippen LogP contribution in [-0.2, 0) is 9.59 Å².